The Morgan fingerprint density at radius 1 is 1.05 bits per heavy atom. The number of hydrogen-bond donors (Lipinski definition) is 2. The van der Waals surface area contributed by atoms with Gasteiger partial charge in [-0.25, -0.2) is 0 Å². The van der Waals surface area contributed by atoms with Gasteiger partial charge < -0.3 is 19.9 Å². The van der Waals surface area contributed by atoms with Gasteiger partial charge in [0.25, 0.3) is 0 Å². The van der Waals surface area contributed by atoms with E-state index in [1.165, 1.54) is 0 Å². The first-order valence-corrected chi connectivity index (χ1v) is 6.29. The summed E-state index contributed by atoms with van der Waals surface area (Å²) in [6, 6.07) is 3.63. The topological polar surface area (TPSA) is 82.4 Å². The molecule has 3 N–H and O–H groups in total. The van der Waals surface area contributed by atoms with Crippen LogP contribution in [-0.2, 0) is 6.42 Å². The third-order valence-electron chi connectivity index (χ3n) is 3.23. The molecule has 6 nitrogen and oxygen atoms in total. The molecule has 1 aromatic carbocycles. The highest BCUT2D eigenvalue weighted by atomic mass is 16.5. The molecule has 0 fully saturated rings. The fraction of sp³-hybridized carbons (Fsp3) is 0.357. The van der Waals surface area contributed by atoms with E-state index in [-0.39, 0.29) is 0 Å². The number of ether oxygens (including phenoxy) is 3. The van der Waals surface area contributed by atoms with Crippen molar-refractivity contribution in [3.05, 3.63) is 17.7 Å². The lowest BCUT2D eigenvalue weighted by molar-refractivity contribution is 0.349. The smallest absolute Gasteiger partial charge is 0.164 e. The summed E-state index contributed by atoms with van der Waals surface area (Å²) in [5.41, 5.74) is 8.50. The lowest BCUT2D eigenvalue weighted by Gasteiger charge is -2.14. The zero-order valence-corrected chi connectivity index (χ0v) is 12.1. The van der Waals surface area contributed by atoms with E-state index >= 15 is 0 Å². The van der Waals surface area contributed by atoms with E-state index in [0.717, 1.165) is 23.2 Å². The molecule has 1 aromatic heterocycles. The molecule has 0 amide bonds. The van der Waals surface area contributed by atoms with Gasteiger partial charge in [-0.05, 0) is 12.5 Å². The predicted octanol–water partition coefficient (Wildman–Crippen LogP) is 2.25. The first-order chi connectivity index (χ1) is 9.65. The number of H-pyrrole nitrogens is 1. The minimum atomic E-state index is 0.499. The first-order valence-electron chi connectivity index (χ1n) is 6.29. The Hall–Kier alpha value is -2.37. The highest BCUT2D eigenvalue weighted by Crippen LogP contribution is 2.41. The summed E-state index contributed by atoms with van der Waals surface area (Å²) in [7, 11) is 4.79. The standard InChI is InChI=1S/C14H19N3O3/c1-5-8-13(16-17-14(8)15)9-6-11(19-3)12(20-4)7-10(9)18-2/h6-7H,5H2,1-4H3,(H3,15,16,17). The largest absolute Gasteiger partial charge is 0.496 e. The predicted molar refractivity (Wildman–Crippen MR) is 77.5 cm³/mol. The van der Waals surface area contributed by atoms with Crippen molar-refractivity contribution in [1.82, 2.24) is 10.2 Å². The van der Waals surface area contributed by atoms with E-state index in [4.69, 9.17) is 19.9 Å². The molecular weight excluding hydrogens is 258 g/mol. The fourth-order valence-corrected chi connectivity index (χ4v) is 2.18. The zero-order valence-electron chi connectivity index (χ0n) is 12.1. The van der Waals surface area contributed by atoms with E-state index in [2.05, 4.69) is 10.2 Å². The van der Waals surface area contributed by atoms with Crippen LogP contribution in [0.4, 0.5) is 5.82 Å². The van der Waals surface area contributed by atoms with E-state index in [1.54, 1.807) is 27.4 Å². The SMILES string of the molecule is CCc1c(N)n[nH]c1-c1cc(OC)c(OC)cc1OC. The van der Waals surface area contributed by atoms with Crippen LogP contribution in [0.2, 0.25) is 0 Å². The third kappa shape index (κ3) is 2.24. The molecule has 0 atom stereocenters. The van der Waals surface area contributed by atoms with Crippen molar-refractivity contribution in [1.29, 1.82) is 0 Å². The molecule has 6 heteroatoms. The van der Waals surface area contributed by atoms with E-state index in [1.807, 2.05) is 13.0 Å². The number of anilines is 1. The number of nitrogen functional groups attached to an aromatic ring is 1. The van der Waals surface area contributed by atoms with Gasteiger partial charge in [-0.1, -0.05) is 6.92 Å². The number of aromatic nitrogens is 2. The average molecular weight is 277 g/mol. The molecule has 0 saturated carbocycles. The van der Waals surface area contributed by atoms with Gasteiger partial charge in [-0.15, -0.1) is 0 Å². The Morgan fingerprint density at radius 3 is 2.20 bits per heavy atom. The second-order valence-corrected chi connectivity index (χ2v) is 4.22. The quantitative estimate of drug-likeness (QED) is 0.876. The van der Waals surface area contributed by atoms with Crippen LogP contribution in [0.15, 0.2) is 12.1 Å². The summed E-state index contributed by atoms with van der Waals surface area (Å²) >= 11 is 0. The van der Waals surface area contributed by atoms with Crippen molar-refractivity contribution in [2.75, 3.05) is 27.1 Å². The molecule has 1 heterocycles. The summed E-state index contributed by atoms with van der Waals surface area (Å²) in [5, 5.41) is 7.02. The minimum absolute atomic E-state index is 0.499. The Bertz CT molecular complexity index is 608. The van der Waals surface area contributed by atoms with Gasteiger partial charge in [0.2, 0.25) is 0 Å². The van der Waals surface area contributed by atoms with Crippen LogP contribution in [0.5, 0.6) is 17.2 Å². The van der Waals surface area contributed by atoms with Crippen molar-refractivity contribution in [2.24, 2.45) is 0 Å². The monoisotopic (exact) mass is 277 g/mol. The fourth-order valence-electron chi connectivity index (χ4n) is 2.18. The summed E-state index contributed by atoms with van der Waals surface area (Å²) in [4.78, 5) is 0. The second kappa shape index (κ2) is 5.73. The van der Waals surface area contributed by atoms with Crippen molar-refractivity contribution in [2.45, 2.75) is 13.3 Å². The van der Waals surface area contributed by atoms with Gasteiger partial charge >= 0.3 is 0 Å². The molecule has 0 bridgehead atoms. The van der Waals surface area contributed by atoms with Gasteiger partial charge in [0.05, 0.1) is 27.0 Å². The number of nitrogens with zero attached hydrogens (tertiary/aromatic N) is 1. The van der Waals surface area contributed by atoms with E-state index < -0.39 is 0 Å². The summed E-state index contributed by atoms with van der Waals surface area (Å²) in [5.74, 6) is 2.40. The number of methoxy groups -OCH3 is 3. The molecule has 20 heavy (non-hydrogen) atoms. The van der Waals surface area contributed by atoms with Crippen LogP contribution in [0, 0.1) is 0 Å². The van der Waals surface area contributed by atoms with Crippen molar-refractivity contribution >= 4 is 5.82 Å². The summed E-state index contributed by atoms with van der Waals surface area (Å²) < 4.78 is 16.0. The third-order valence-corrected chi connectivity index (χ3v) is 3.23. The molecule has 0 unspecified atom stereocenters. The number of aromatic amines is 1. The van der Waals surface area contributed by atoms with Crippen LogP contribution in [0.3, 0.4) is 0 Å². The van der Waals surface area contributed by atoms with Crippen LogP contribution in [0.25, 0.3) is 11.3 Å². The normalized spacial score (nSPS) is 10.4. The Balaban J connectivity index is 2.65. The molecule has 0 saturated heterocycles. The molecule has 2 rings (SSSR count). The maximum Gasteiger partial charge on any atom is 0.164 e. The Morgan fingerprint density at radius 2 is 1.65 bits per heavy atom. The number of rotatable bonds is 5. The number of nitrogens with two attached hydrogens (primary N) is 1. The van der Waals surface area contributed by atoms with Gasteiger partial charge in [0.15, 0.2) is 11.5 Å². The molecule has 0 radical (unpaired) electrons. The van der Waals surface area contributed by atoms with Crippen LogP contribution in [0.1, 0.15) is 12.5 Å². The second-order valence-electron chi connectivity index (χ2n) is 4.22. The van der Waals surface area contributed by atoms with E-state index in [0.29, 0.717) is 23.1 Å². The summed E-state index contributed by atoms with van der Waals surface area (Å²) in [6.45, 7) is 2.03. The minimum Gasteiger partial charge on any atom is -0.496 e. The van der Waals surface area contributed by atoms with Gasteiger partial charge in [-0.3, -0.25) is 5.10 Å². The molecule has 108 valence electrons. The molecule has 0 spiro atoms. The summed E-state index contributed by atoms with van der Waals surface area (Å²) in [6.07, 6.45) is 0.773. The maximum atomic E-state index is 5.87. The molecule has 0 aliphatic heterocycles. The molecule has 2 aromatic rings. The van der Waals surface area contributed by atoms with Crippen molar-refractivity contribution < 1.29 is 14.2 Å². The molecule has 0 aliphatic carbocycles. The van der Waals surface area contributed by atoms with Gasteiger partial charge in [-0.2, -0.15) is 5.10 Å². The van der Waals surface area contributed by atoms with Gasteiger partial charge in [0, 0.05) is 17.2 Å². The maximum absolute atomic E-state index is 5.87. The Labute approximate surface area is 117 Å². The van der Waals surface area contributed by atoms with Crippen LogP contribution >= 0.6 is 0 Å². The van der Waals surface area contributed by atoms with Crippen molar-refractivity contribution in [3.8, 4) is 28.5 Å². The lowest BCUT2D eigenvalue weighted by Crippen LogP contribution is -1.96. The molecular formula is C14H19N3O3. The van der Waals surface area contributed by atoms with Crippen LogP contribution in [-0.4, -0.2) is 31.5 Å². The zero-order chi connectivity index (χ0) is 14.7. The number of benzene rings is 1. The average Bonchev–Trinajstić information content (AvgIpc) is 2.86. The van der Waals surface area contributed by atoms with Gasteiger partial charge in [0.1, 0.15) is 11.6 Å². The Kier molecular flexibility index (Phi) is 4.02. The molecule has 0 aliphatic rings. The highest BCUT2D eigenvalue weighted by molar-refractivity contribution is 5.76. The first kappa shape index (κ1) is 14.0. The van der Waals surface area contributed by atoms with Crippen molar-refractivity contribution in [3.63, 3.8) is 0 Å². The number of hydrogen-bond acceptors (Lipinski definition) is 5. The van der Waals surface area contributed by atoms with Crippen LogP contribution < -0.4 is 19.9 Å². The lowest BCUT2D eigenvalue weighted by atomic mass is 10.0. The highest BCUT2D eigenvalue weighted by Gasteiger charge is 2.18. The van der Waals surface area contributed by atoms with E-state index in [9.17, 15) is 0 Å². The number of nitrogens with one attached hydrogen (secondary N) is 1.